The normalized spacial score (nSPS) is 12.4. The van der Waals surface area contributed by atoms with Crippen LogP contribution in [0, 0.1) is 0 Å². The van der Waals surface area contributed by atoms with Crippen molar-refractivity contribution in [2.75, 3.05) is 0 Å². The van der Waals surface area contributed by atoms with Gasteiger partial charge in [0.1, 0.15) is 5.69 Å². The summed E-state index contributed by atoms with van der Waals surface area (Å²) in [5, 5.41) is 8.24. The molecule has 1 heterocycles. The average molecular weight is 359 g/mol. The summed E-state index contributed by atoms with van der Waals surface area (Å²) in [4.78, 5) is 0. The minimum Gasteiger partial charge on any atom is -0.247 e. The SMILES string of the molecule is CC(C)(C)c1ccc(-c2cn(Cc3ccc(C(F)(F)F)cc3)nn2)cc1. The summed E-state index contributed by atoms with van der Waals surface area (Å²) in [6, 6.07) is 13.2. The standard InChI is InChI=1S/C20H20F3N3/c1-19(2,3)16-10-6-15(7-11-16)18-13-26(25-24-18)12-14-4-8-17(9-5-14)20(21,22)23/h4-11,13H,12H2,1-3H3. The second-order valence-corrected chi connectivity index (χ2v) is 7.32. The highest BCUT2D eigenvalue weighted by Crippen LogP contribution is 2.29. The number of nitrogens with zero attached hydrogens (tertiary/aromatic N) is 3. The van der Waals surface area contributed by atoms with Crippen LogP contribution in [0.25, 0.3) is 11.3 Å². The Morgan fingerprint density at radius 3 is 1.96 bits per heavy atom. The van der Waals surface area contributed by atoms with Crippen molar-refractivity contribution in [1.29, 1.82) is 0 Å². The Hall–Kier alpha value is -2.63. The van der Waals surface area contributed by atoms with E-state index in [0.717, 1.165) is 29.0 Å². The molecular formula is C20H20F3N3. The highest BCUT2D eigenvalue weighted by molar-refractivity contribution is 5.58. The van der Waals surface area contributed by atoms with Crippen LogP contribution in [0.1, 0.15) is 37.5 Å². The minimum atomic E-state index is -4.32. The number of benzene rings is 2. The van der Waals surface area contributed by atoms with Gasteiger partial charge in [0.25, 0.3) is 0 Å². The number of rotatable bonds is 3. The van der Waals surface area contributed by atoms with E-state index in [2.05, 4.69) is 43.2 Å². The Morgan fingerprint density at radius 1 is 0.846 bits per heavy atom. The monoisotopic (exact) mass is 359 g/mol. The molecule has 0 aliphatic rings. The number of alkyl halides is 3. The summed E-state index contributed by atoms with van der Waals surface area (Å²) in [7, 11) is 0. The van der Waals surface area contributed by atoms with Crippen molar-refractivity contribution in [3.63, 3.8) is 0 Å². The fraction of sp³-hybridized carbons (Fsp3) is 0.300. The molecule has 3 rings (SSSR count). The highest BCUT2D eigenvalue weighted by Gasteiger charge is 2.29. The summed E-state index contributed by atoms with van der Waals surface area (Å²) < 4.78 is 39.5. The summed E-state index contributed by atoms with van der Waals surface area (Å²) in [5.41, 5.74) is 3.09. The maximum absolute atomic E-state index is 12.6. The summed E-state index contributed by atoms with van der Waals surface area (Å²) in [6.07, 6.45) is -2.53. The number of halogens is 3. The van der Waals surface area contributed by atoms with E-state index < -0.39 is 11.7 Å². The van der Waals surface area contributed by atoms with Gasteiger partial charge in [0.05, 0.1) is 18.3 Å². The molecule has 0 unspecified atom stereocenters. The fourth-order valence-corrected chi connectivity index (χ4v) is 2.64. The van der Waals surface area contributed by atoms with E-state index in [4.69, 9.17) is 0 Å². The second-order valence-electron chi connectivity index (χ2n) is 7.32. The molecule has 3 nitrogen and oxygen atoms in total. The van der Waals surface area contributed by atoms with Crippen LogP contribution in [-0.4, -0.2) is 15.0 Å². The van der Waals surface area contributed by atoms with E-state index in [9.17, 15) is 13.2 Å². The molecule has 136 valence electrons. The van der Waals surface area contributed by atoms with Gasteiger partial charge in [-0.2, -0.15) is 13.2 Å². The lowest BCUT2D eigenvalue weighted by Crippen LogP contribution is -2.10. The van der Waals surface area contributed by atoms with Crippen molar-refractivity contribution >= 4 is 0 Å². The van der Waals surface area contributed by atoms with E-state index in [-0.39, 0.29) is 5.41 Å². The lowest BCUT2D eigenvalue weighted by Gasteiger charge is -2.18. The maximum Gasteiger partial charge on any atom is 0.416 e. The van der Waals surface area contributed by atoms with Crippen LogP contribution in [-0.2, 0) is 18.1 Å². The lowest BCUT2D eigenvalue weighted by atomic mass is 9.86. The molecule has 6 heteroatoms. The molecule has 1 aromatic heterocycles. The van der Waals surface area contributed by atoms with E-state index in [1.807, 2.05) is 12.1 Å². The molecule has 0 radical (unpaired) electrons. The fourth-order valence-electron chi connectivity index (χ4n) is 2.64. The molecule has 2 aromatic carbocycles. The van der Waals surface area contributed by atoms with Gasteiger partial charge in [-0.05, 0) is 28.7 Å². The lowest BCUT2D eigenvalue weighted by molar-refractivity contribution is -0.137. The Balaban J connectivity index is 1.74. The summed E-state index contributed by atoms with van der Waals surface area (Å²) in [5.74, 6) is 0. The predicted molar refractivity (Wildman–Crippen MR) is 94.7 cm³/mol. The third-order valence-corrected chi connectivity index (χ3v) is 4.21. The van der Waals surface area contributed by atoms with E-state index in [1.54, 1.807) is 10.9 Å². The van der Waals surface area contributed by atoms with Gasteiger partial charge >= 0.3 is 6.18 Å². The summed E-state index contributed by atoms with van der Waals surface area (Å²) in [6.45, 7) is 6.83. The Morgan fingerprint density at radius 2 is 1.42 bits per heavy atom. The molecule has 0 saturated carbocycles. The highest BCUT2D eigenvalue weighted by atomic mass is 19.4. The Labute approximate surface area is 150 Å². The maximum atomic E-state index is 12.6. The van der Waals surface area contributed by atoms with Crippen LogP contribution in [0.2, 0.25) is 0 Å². The first-order chi connectivity index (χ1) is 12.1. The molecule has 0 aliphatic carbocycles. The van der Waals surface area contributed by atoms with Crippen LogP contribution < -0.4 is 0 Å². The topological polar surface area (TPSA) is 30.7 Å². The van der Waals surface area contributed by atoms with E-state index in [1.165, 1.54) is 17.7 Å². The number of hydrogen-bond donors (Lipinski definition) is 0. The smallest absolute Gasteiger partial charge is 0.247 e. The number of hydrogen-bond acceptors (Lipinski definition) is 2. The van der Waals surface area contributed by atoms with Gasteiger partial charge in [0.15, 0.2) is 0 Å². The van der Waals surface area contributed by atoms with E-state index >= 15 is 0 Å². The third-order valence-electron chi connectivity index (χ3n) is 4.21. The van der Waals surface area contributed by atoms with Crippen LogP contribution in [0.4, 0.5) is 13.2 Å². The van der Waals surface area contributed by atoms with Gasteiger partial charge in [-0.25, -0.2) is 4.68 Å². The van der Waals surface area contributed by atoms with E-state index in [0.29, 0.717) is 6.54 Å². The van der Waals surface area contributed by atoms with Crippen molar-refractivity contribution < 1.29 is 13.2 Å². The molecule has 0 atom stereocenters. The molecule has 0 N–H and O–H groups in total. The molecule has 0 spiro atoms. The Bertz CT molecular complexity index is 870. The van der Waals surface area contributed by atoms with Gasteiger partial charge in [-0.1, -0.05) is 62.4 Å². The molecule has 3 aromatic rings. The van der Waals surface area contributed by atoms with Crippen LogP contribution in [0.15, 0.2) is 54.7 Å². The van der Waals surface area contributed by atoms with Gasteiger partial charge < -0.3 is 0 Å². The third kappa shape index (κ3) is 4.12. The van der Waals surface area contributed by atoms with Gasteiger partial charge in [0.2, 0.25) is 0 Å². The first-order valence-corrected chi connectivity index (χ1v) is 8.30. The largest absolute Gasteiger partial charge is 0.416 e. The first-order valence-electron chi connectivity index (χ1n) is 8.30. The minimum absolute atomic E-state index is 0.0821. The van der Waals surface area contributed by atoms with Gasteiger partial charge in [0, 0.05) is 5.56 Å². The molecule has 0 amide bonds. The zero-order valence-corrected chi connectivity index (χ0v) is 14.9. The van der Waals surface area contributed by atoms with Gasteiger partial charge in [-0.15, -0.1) is 5.10 Å². The first kappa shape index (κ1) is 18.2. The second kappa shape index (κ2) is 6.59. The van der Waals surface area contributed by atoms with Crippen molar-refractivity contribution in [3.8, 4) is 11.3 Å². The molecular weight excluding hydrogens is 339 g/mol. The quantitative estimate of drug-likeness (QED) is 0.634. The van der Waals surface area contributed by atoms with Crippen LogP contribution >= 0.6 is 0 Å². The molecule has 0 saturated heterocycles. The van der Waals surface area contributed by atoms with Crippen molar-refractivity contribution in [1.82, 2.24) is 15.0 Å². The van der Waals surface area contributed by atoms with Crippen molar-refractivity contribution in [2.45, 2.75) is 38.9 Å². The molecule has 0 fully saturated rings. The molecule has 0 bridgehead atoms. The summed E-state index contributed by atoms with van der Waals surface area (Å²) >= 11 is 0. The van der Waals surface area contributed by atoms with Crippen LogP contribution in [0.5, 0.6) is 0 Å². The zero-order chi connectivity index (χ0) is 18.9. The molecule has 26 heavy (non-hydrogen) atoms. The van der Waals surface area contributed by atoms with Crippen molar-refractivity contribution in [3.05, 3.63) is 71.4 Å². The number of aromatic nitrogens is 3. The van der Waals surface area contributed by atoms with Crippen molar-refractivity contribution in [2.24, 2.45) is 0 Å². The van der Waals surface area contributed by atoms with Gasteiger partial charge in [-0.3, -0.25) is 0 Å². The van der Waals surface area contributed by atoms with Crippen LogP contribution in [0.3, 0.4) is 0 Å². The molecule has 0 aliphatic heterocycles. The average Bonchev–Trinajstić information content (AvgIpc) is 3.02. The Kier molecular flexibility index (Phi) is 4.61. The zero-order valence-electron chi connectivity index (χ0n) is 14.9. The predicted octanol–water partition coefficient (Wildman–Crippen LogP) is 5.31.